The standard InChI is InChI=1S/C14H17BrN2OS/c1-9(8-12(18)13-4-3-7-19-13)16-14-6-5-11(15)10(2)17-14/h3-7,9,12,18H,8H2,1-2H3,(H,16,17). The maximum Gasteiger partial charge on any atom is 0.126 e. The second kappa shape index (κ2) is 6.50. The van der Waals surface area contributed by atoms with Crippen LogP contribution in [0, 0.1) is 6.92 Å². The van der Waals surface area contributed by atoms with Crippen molar-refractivity contribution in [3.8, 4) is 0 Å². The molecule has 2 atom stereocenters. The Morgan fingerprint density at radius 2 is 2.21 bits per heavy atom. The molecule has 2 aromatic heterocycles. The number of hydrogen-bond acceptors (Lipinski definition) is 4. The van der Waals surface area contributed by atoms with E-state index in [1.54, 1.807) is 11.3 Å². The van der Waals surface area contributed by atoms with Gasteiger partial charge in [0, 0.05) is 15.4 Å². The Morgan fingerprint density at radius 3 is 2.84 bits per heavy atom. The lowest BCUT2D eigenvalue weighted by Gasteiger charge is -2.18. The molecule has 0 spiro atoms. The predicted octanol–water partition coefficient (Wildman–Crippen LogP) is 4.14. The zero-order valence-electron chi connectivity index (χ0n) is 10.9. The van der Waals surface area contributed by atoms with Crippen LogP contribution in [0.3, 0.4) is 0 Å². The summed E-state index contributed by atoms with van der Waals surface area (Å²) in [7, 11) is 0. The molecule has 2 unspecified atom stereocenters. The van der Waals surface area contributed by atoms with E-state index in [4.69, 9.17) is 0 Å². The van der Waals surface area contributed by atoms with Crippen molar-refractivity contribution >= 4 is 33.1 Å². The van der Waals surface area contributed by atoms with Crippen molar-refractivity contribution in [1.82, 2.24) is 4.98 Å². The number of aliphatic hydroxyl groups excluding tert-OH is 1. The van der Waals surface area contributed by atoms with Gasteiger partial charge < -0.3 is 10.4 Å². The van der Waals surface area contributed by atoms with E-state index in [0.717, 1.165) is 20.9 Å². The minimum absolute atomic E-state index is 0.158. The highest BCUT2D eigenvalue weighted by Crippen LogP contribution is 2.24. The van der Waals surface area contributed by atoms with Crippen LogP contribution in [-0.2, 0) is 0 Å². The lowest BCUT2D eigenvalue weighted by Crippen LogP contribution is -2.19. The van der Waals surface area contributed by atoms with Gasteiger partial charge in [-0.25, -0.2) is 4.98 Å². The first-order valence-electron chi connectivity index (χ1n) is 6.17. The van der Waals surface area contributed by atoms with Gasteiger partial charge in [0.2, 0.25) is 0 Å². The average Bonchev–Trinajstić information content (AvgIpc) is 2.87. The summed E-state index contributed by atoms with van der Waals surface area (Å²) < 4.78 is 1.00. The second-order valence-electron chi connectivity index (χ2n) is 4.58. The molecule has 2 N–H and O–H groups in total. The molecule has 0 aliphatic heterocycles. The van der Waals surface area contributed by atoms with Gasteiger partial charge in [0.1, 0.15) is 5.82 Å². The number of thiophene rings is 1. The highest BCUT2D eigenvalue weighted by molar-refractivity contribution is 9.10. The number of nitrogens with one attached hydrogen (secondary N) is 1. The van der Waals surface area contributed by atoms with E-state index in [-0.39, 0.29) is 6.04 Å². The van der Waals surface area contributed by atoms with Crippen LogP contribution in [0.2, 0.25) is 0 Å². The van der Waals surface area contributed by atoms with Crippen molar-refractivity contribution in [3.63, 3.8) is 0 Å². The van der Waals surface area contributed by atoms with Crippen molar-refractivity contribution in [3.05, 3.63) is 44.7 Å². The molecule has 2 heterocycles. The molecule has 0 aromatic carbocycles. The quantitative estimate of drug-likeness (QED) is 0.859. The Balaban J connectivity index is 1.93. The number of rotatable bonds is 5. The first-order chi connectivity index (χ1) is 9.06. The molecule has 0 saturated heterocycles. The van der Waals surface area contributed by atoms with Crippen molar-refractivity contribution in [2.45, 2.75) is 32.4 Å². The Hall–Kier alpha value is -0.910. The second-order valence-corrected chi connectivity index (χ2v) is 6.41. The number of anilines is 1. The third kappa shape index (κ3) is 4.03. The number of aliphatic hydroxyl groups is 1. The summed E-state index contributed by atoms with van der Waals surface area (Å²) in [6.07, 6.45) is 0.246. The lowest BCUT2D eigenvalue weighted by molar-refractivity contribution is 0.166. The van der Waals surface area contributed by atoms with E-state index in [2.05, 4.69) is 33.2 Å². The fraction of sp³-hybridized carbons (Fsp3) is 0.357. The Bertz CT molecular complexity index is 530. The van der Waals surface area contributed by atoms with E-state index in [0.29, 0.717) is 6.42 Å². The minimum atomic E-state index is -0.418. The molecule has 2 rings (SSSR count). The summed E-state index contributed by atoms with van der Waals surface area (Å²) in [5.74, 6) is 0.839. The molecule has 0 aliphatic carbocycles. The molecule has 102 valence electrons. The molecule has 3 nitrogen and oxygen atoms in total. The van der Waals surface area contributed by atoms with Gasteiger partial charge in [0.15, 0.2) is 0 Å². The molecule has 0 fully saturated rings. The van der Waals surface area contributed by atoms with Crippen molar-refractivity contribution in [2.75, 3.05) is 5.32 Å². The number of halogens is 1. The number of hydrogen-bond donors (Lipinski definition) is 2. The van der Waals surface area contributed by atoms with Crippen molar-refractivity contribution < 1.29 is 5.11 Å². The normalized spacial score (nSPS) is 14.1. The van der Waals surface area contributed by atoms with Gasteiger partial charge in [-0.15, -0.1) is 11.3 Å². The summed E-state index contributed by atoms with van der Waals surface area (Å²) in [6.45, 7) is 4.01. The van der Waals surface area contributed by atoms with Crippen LogP contribution in [-0.4, -0.2) is 16.1 Å². The van der Waals surface area contributed by atoms with Gasteiger partial charge in [-0.2, -0.15) is 0 Å². The summed E-state index contributed by atoms with van der Waals surface area (Å²) in [5, 5.41) is 15.4. The van der Waals surface area contributed by atoms with Gasteiger partial charge in [0.05, 0.1) is 11.8 Å². The van der Waals surface area contributed by atoms with Crippen LogP contribution in [0.4, 0.5) is 5.82 Å². The zero-order valence-corrected chi connectivity index (χ0v) is 13.3. The highest BCUT2D eigenvalue weighted by Gasteiger charge is 2.13. The average molecular weight is 341 g/mol. The molecule has 0 amide bonds. The van der Waals surface area contributed by atoms with Crippen LogP contribution in [0.1, 0.15) is 30.0 Å². The SMILES string of the molecule is Cc1nc(NC(C)CC(O)c2cccs2)ccc1Br. The first kappa shape index (κ1) is 14.5. The van der Waals surface area contributed by atoms with E-state index in [9.17, 15) is 5.11 Å². The molecule has 19 heavy (non-hydrogen) atoms. The third-order valence-electron chi connectivity index (χ3n) is 2.86. The Morgan fingerprint density at radius 1 is 1.42 bits per heavy atom. The summed E-state index contributed by atoms with van der Waals surface area (Å²) in [5.41, 5.74) is 0.955. The smallest absolute Gasteiger partial charge is 0.126 e. The van der Waals surface area contributed by atoms with Gasteiger partial charge in [-0.1, -0.05) is 6.07 Å². The predicted molar refractivity (Wildman–Crippen MR) is 83.7 cm³/mol. The summed E-state index contributed by atoms with van der Waals surface area (Å²) in [6, 6.07) is 7.99. The molecular formula is C14H17BrN2OS. The topological polar surface area (TPSA) is 45.2 Å². The third-order valence-corrected chi connectivity index (χ3v) is 4.68. The molecule has 0 radical (unpaired) electrons. The molecule has 0 aliphatic rings. The Labute approximate surface area is 125 Å². The maximum atomic E-state index is 10.1. The highest BCUT2D eigenvalue weighted by atomic mass is 79.9. The van der Waals surface area contributed by atoms with E-state index >= 15 is 0 Å². The van der Waals surface area contributed by atoms with Crippen LogP contribution in [0.5, 0.6) is 0 Å². The van der Waals surface area contributed by atoms with E-state index in [1.165, 1.54) is 0 Å². The minimum Gasteiger partial charge on any atom is -0.387 e. The van der Waals surface area contributed by atoms with Gasteiger partial charge in [-0.3, -0.25) is 0 Å². The van der Waals surface area contributed by atoms with Crippen molar-refractivity contribution in [2.24, 2.45) is 0 Å². The molecule has 2 aromatic rings. The molecule has 5 heteroatoms. The number of nitrogens with zero attached hydrogens (tertiary/aromatic N) is 1. The monoisotopic (exact) mass is 340 g/mol. The van der Waals surface area contributed by atoms with Crippen LogP contribution in [0.25, 0.3) is 0 Å². The molecule has 0 bridgehead atoms. The fourth-order valence-corrected chi connectivity index (χ4v) is 2.81. The van der Waals surface area contributed by atoms with Crippen molar-refractivity contribution in [1.29, 1.82) is 0 Å². The van der Waals surface area contributed by atoms with Gasteiger partial charge in [0.25, 0.3) is 0 Å². The molecule has 0 saturated carbocycles. The van der Waals surface area contributed by atoms with E-state index < -0.39 is 6.10 Å². The molecular weight excluding hydrogens is 324 g/mol. The van der Waals surface area contributed by atoms with Crippen LogP contribution in [0.15, 0.2) is 34.1 Å². The lowest BCUT2D eigenvalue weighted by atomic mass is 10.1. The summed E-state index contributed by atoms with van der Waals surface area (Å²) in [4.78, 5) is 5.45. The number of pyridine rings is 1. The zero-order chi connectivity index (χ0) is 13.8. The van der Waals surface area contributed by atoms with Crippen LogP contribution < -0.4 is 5.32 Å². The van der Waals surface area contributed by atoms with Crippen LogP contribution >= 0.6 is 27.3 Å². The van der Waals surface area contributed by atoms with Gasteiger partial charge in [-0.05, 0) is 59.8 Å². The van der Waals surface area contributed by atoms with E-state index in [1.807, 2.05) is 36.6 Å². The van der Waals surface area contributed by atoms with Gasteiger partial charge >= 0.3 is 0 Å². The summed E-state index contributed by atoms with van der Waals surface area (Å²) >= 11 is 5.02. The number of aromatic nitrogens is 1. The Kier molecular flexibility index (Phi) is 4.96. The maximum absolute atomic E-state index is 10.1. The fourth-order valence-electron chi connectivity index (χ4n) is 1.87. The number of aryl methyl sites for hydroxylation is 1. The largest absolute Gasteiger partial charge is 0.387 e. The first-order valence-corrected chi connectivity index (χ1v) is 7.84.